The van der Waals surface area contributed by atoms with Crippen LogP contribution < -0.4 is 5.32 Å². The summed E-state index contributed by atoms with van der Waals surface area (Å²) in [5.74, 6) is 0.639. The van der Waals surface area contributed by atoms with Gasteiger partial charge in [0.1, 0.15) is 5.84 Å². The van der Waals surface area contributed by atoms with E-state index in [0.29, 0.717) is 12.4 Å². The zero-order valence-corrected chi connectivity index (χ0v) is 5.52. The third kappa shape index (κ3) is 1.22. The van der Waals surface area contributed by atoms with E-state index in [-0.39, 0.29) is 0 Å². The Morgan fingerprint density at radius 1 is 1.89 bits per heavy atom. The molecule has 0 unspecified atom stereocenters. The van der Waals surface area contributed by atoms with Crippen LogP contribution in [0.4, 0.5) is 0 Å². The molecule has 9 heavy (non-hydrogen) atoms. The molecule has 1 heterocycles. The average Bonchev–Trinajstić information content (AvgIpc) is 1.89. The second-order valence-electron chi connectivity index (χ2n) is 1.93. The predicted octanol–water partition coefficient (Wildman–Crippen LogP) is 0.360. The van der Waals surface area contributed by atoms with Gasteiger partial charge in [-0.2, -0.15) is 0 Å². The van der Waals surface area contributed by atoms with E-state index >= 15 is 0 Å². The first kappa shape index (κ1) is 6.13. The molecule has 0 bridgehead atoms. The number of nitrogens with zero attached hydrogens (tertiary/aromatic N) is 1. The van der Waals surface area contributed by atoms with Crippen molar-refractivity contribution in [3.63, 3.8) is 0 Å². The van der Waals surface area contributed by atoms with E-state index < -0.39 is 0 Å². The van der Waals surface area contributed by atoms with E-state index in [4.69, 9.17) is 5.41 Å². The van der Waals surface area contributed by atoms with E-state index in [1.807, 2.05) is 24.2 Å². The summed E-state index contributed by atoms with van der Waals surface area (Å²) in [4.78, 5) is 1.90. The van der Waals surface area contributed by atoms with Gasteiger partial charge in [-0.1, -0.05) is 0 Å². The lowest BCUT2D eigenvalue weighted by molar-refractivity contribution is 0.552. The molecule has 2 N–H and O–H groups in total. The average molecular weight is 125 g/mol. The Hall–Kier alpha value is -0.990. The molecule has 1 rings (SSSR count). The van der Waals surface area contributed by atoms with Gasteiger partial charge in [-0.3, -0.25) is 5.41 Å². The van der Waals surface area contributed by atoms with Crippen molar-refractivity contribution in [1.29, 1.82) is 5.41 Å². The van der Waals surface area contributed by atoms with Gasteiger partial charge in [0.25, 0.3) is 0 Å². The molecular formula is C6H11N3. The third-order valence-electron chi connectivity index (χ3n) is 1.33. The van der Waals surface area contributed by atoms with Gasteiger partial charge in [-0.25, -0.2) is 0 Å². The van der Waals surface area contributed by atoms with Crippen LogP contribution in [0.15, 0.2) is 12.4 Å². The highest BCUT2D eigenvalue weighted by atomic mass is 15.2. The molecule has 0 saturated heterocycles. The molecule has 0 aromatic carbocycles. The van der Waals surface area contributed by atoms with Crippen molar-refractivity contribution in [1.82, 2.24) is 10.2 Å². The largest absolute Gasteiger partial charge is 0.383 e. The zero-order chi connectivity index (χ0) is 6.69. The molecule has 0 saturated carbocycles. The third-order valence-corrected chi connectivity index (χ3v) is 1.33. The smallest absolute Gasteiger partial charge is 0.120 e. The van der Waals surface area contributed by atoms with Crippen LogP contribution in [0.25, 0.3) is 0 Å². The summed E-state index contributed by atoms with van der Waals surface area (Å²) in [6.45, 7) is 3.57. The second kappa shape index (κ2) is 2.53. The minimum Gasteiger partial charge on any atom is -0.383 e. The Balaban J connectivity index is 2.57. The number of rotatable bonds is 1. The highest BCUT2D eigenvalue weighted by molar-refractivity contribution is 5.82. The zero-order valence-electron chi connectivity index (χ0n) is 5.52. The van der Waals surface area contributed by atoms with E-state index in [2.05, 4.69) is 5.32 Å². The van der Waals surface area contributed by atoms with Gasteiger partial charge in [0.15, 0.2) is 0 Å². The maximum atomic E-state index is 7.36. The molecule has 3 heteroatoms. The van der Waals surface area contributed by atoms with Gasteiger partial charge >= 0.3 is 0 Å². The highest BCUT2D eigenvalue weighted by Crippen LogP contribution is 1.93. The van der Waals surface area contributed by atoms with E-state index in [1.54, 1.807) is 0 Å². The fourth-order valence-electron chi connectivity index (χ4n) is 0.786. The van der Waals surface area contributed by atoms with Crippen molar-refractivity contribution in [2.24, 2.45) is 0 Å². The summed E-state index contributed by atoms with van der Waals surface area (Å²) in [5.41, 5.74) is 0. The Morgan fingerprint density at radius 3 is 3.11 bits per heavy atom. The van der Waals surface area contributed by atoms with Gasteiger partial charge in [-0.15, -0.1) is 0 Å². The van der Waals surface area contributed by atoms with Gasteiger partial charge in [0, 0.05) is 18.9 Å². The molecule has 0 aromatic rings. The molecule has 0 aromatic heterocycles. The van der Waals surface area contributed by atoms with Gasteiger partial charge in [0.2, 0.25) is 0 Å². The molecule has 1 aliphatic heterocycles. The van der Waals surface area contributed by atoms with Crippen molar-refractivity contribution in [2.75, 3.05) is 13.1 Å². The molecule has 3 nitrogen and oxygen atoms in total. The quantitative estimate of drug-likeness (QED) is 0.531. The van der Waals surface area contributed by atoms with Crippen molar-refractivity contribution in [2.45, 2.75) is 6.92 Å². The van der Waals surface area contributed by atoms with Crippen LogP contribution in [0.2, 0.25) is 0 Å². The maximum Gasteiger partial charge on any atom is 0.120 e. The molecule has 0 fully saturated rings. The van der Waals surface area contributed by atoms with Crippen LogP contribution in [0.3, 0.4) is 0 Å². The summed E-state index contributed by atoms with van der Waals surface area (Å²) >= 11 is 0. The molecule has 1 aliphatic rings. The standard InChI is InChI=1S/C6H11N3/c1-2-9-4-3-8-5-6(9)7/h3-4,7-8H,2,5H2,1H3. The normalized spacial score (nSPS) is 17.9. The van der Waals surface area contributed by atoms with Crippen molar-refractivity contribution >= 4 is 5.84 Å². The van der Waals surface area contributed by atoms with Gasteiger partial charge in [0.05, 0.1) is 6.54 Å². The monoisotopic (exact) mass is 125 g/mol. The lowest BCUT2D eigenvalue weighted by atomic mass is 10.4. The summed E-state index contributed by atoms with van der Waals surface area (Å²) in [5, 5.41) is 10.3. The van der Waals surface area contributed by atoms with E-state index in [0.717, 1.165) is 6.54 Å². The summed E-state index contributed by atoms with van der Waals surface area (Å²) in [7, 11) is 0. The Kier molecular flexibility index (Phi) is 1.72. The summed E-state index contributed by atoms with van der Waals surface area (Å²) < 4.78 is 0. The number of likely N-dealkylation sites (N-methyl/N-ethyl adjacent to an activating group) is 1. The van der Waals surface area contributed by atoms with Crippen molar-refractivity contribution < 1.29 is 0 Å². The molecule has 50 valence electrons. The van der Waals surface area contributed by atoms with Crippen molar-refractivity contribution in [3.05, 3.63) is 12.4 Å². The predicted molar refractivity (Wildman–Crippen MR) is 37.2 cm³/mol. The van der Waals surface area contributed by atoms with Crippen LogP contribution >= 0.6 is 0 Å². The second-order valence-corrected chi connectivity index (χ2v) is 1.93. The van der Waals surface area contributed by atoms with Gasteiger partial charge in [-0.05, 0) is 6.92 Å². The fourth-order valence-corrected chi connectivity index (χ4v) is 0.786. The van der Waals surface area contributed by atoms with Gasteiger partial charge < -0.3 is 10.2 Å². The van der Waals surface area contributed by atoms with Crippen molar-refractivity contribution in [3.8, 4) is 0 Å². The molecule has 0 radical (unpaired) electrons. The topological polar surface area (TPSA) is 39.1 Å². The Bertz CT molecular complexity index is 139. The van der Waals surface area contributed by atoms with Crippen LogP contribution in [0.5, 0.6) is 0 Å². The SMILES string of the molecule is CCN1C=CNCC1=N. The van der Waals surface area contributed by atoms with Crippen LogP contribution in [0, 0.1) is 5.41 Å². The minimum atomic E-state index is 0.639. The van der Waals surface area contributed by atoms with E-state index in [9.17, 15) is 0 Å². The first-order chi connectivity index (χ1) is 4.34. The summed E-state index contributed by atoms with van der Waals surface area (Å²) in [6.07, 6.45) is 3.74. The first-order valence-corrected chi connectivity index (χ1v) is 3.08. The molecule has 0 atom stereocenters. The Morgan fingerprint density at radius 2 is 2.67 bits per heavy atom. The van der Waals surface area contributed by atoms with E-state index in [1.165, 1.54) is 0 Å². The molecule has 0 amide bonds. The maximum absolute atomic E-state index is 7.36. The fraction of sp³-hybridized carbons (Fsp3) is 0.500. The summed E-state index contributed by atoms with van der Waals surface area (Å²) in [6, 6.07) is 0. The molecule has 0 spiro atoms. The Labute approximate surface area is 54.9 Å². The highest BCUT2D eigenvalue weighted by Gasteiger charge is 2.05. The number of amidine groups is 1. The number of hydrogen-bond acceptors (Lipinski definition) is 2. The van der Waals surface area contributed by atoms with Crippen LogP contribution in [0.1, 0.15) is 6.92 Å². The lowest BCUT2D eigenvalue weighted by Crippen LogP contribution is -2.36. The van der Waals surface area contributed by atoms with Crippen LogP contribution in [-0.4, -0.2) is 23.8 Å². The first-order valence-electron chi connectivity index (χ1n) is 3.08. The molecular weight excluding hydrogens is 114 g/mol. The lowest BCUT2D eigenvalue weighted by Gasteiger charge is -2.22. The number of nitrogens with one attached hydrogen (secondary N) is 2. The van der Waals surface area contributed by atoms with Crippen LogP contribution in [-0.2, 0) is 0 Å². The number of hydrogen-bond donors (Lipinski definition) is 2. The minimum absolute atomic E-state index is 0.639. The molecule has 0 aliphatic carbocycles.